The molecule has 0 saturated heterocycles. The van der Waals surface area contributed by atoms with E-state index in [1.165, 1.54) is 49.6 Å². The molecule has 0 fully saturated rings. The van der Waals surface area contributed by atoms with E-state index in [-0.39, 0.29) is 11.7 Å². The highest BCUT2D eigenvalue weighted by Gasteiger charge is 2.34. The van der Waals surface area contributed by atoms with Crippen LogP contribution in [-0.2, 0) is 28.9 Å². The molecule has 0 atom stereocenters. The Morgan fingerprint density at radius 1 is 1.11 bits per heavy atom. The number of Topliss-reactive ketones (excluding diaryl/α,β-unsaturated/α-hetero) is 1. The molecule has 7 heteroatoms. The van der Waals surface area contributed by atoms with E-state index in [0.29, 0.717) is 28.0 Å². The van der Waals surface area contributed by atoms with Gasteiger partial charge in [0.2, 0.25) is 11.1 Å². The summed E-state index contributed by atoms with van der Waals surface area (Å²) >= 11 is 1.29. The Morgan fingerprint density at radius 2 is 1.85 bits per heavy atom. The zero-order valence-corrected chi connectivity index (χ0v) is 16.6. The molecule has 4 rings (SSSR count). The zero-order valence-electron chi connectivity index (χ0n) is 15.8. The van der Waals surface area contributed by atoms with Crippen molar-refractivity contribution in [1.29, 1.82) is 0 Å². The summed E-state index contributed by atoms with van der Waals surface area (Å²) in [6.45, 7) is 5.02. The van der Waals surface area contributed by atoms with Crippen LogP contribution in [0.3, 0.4) is 0 Å². The van der Waals surface area contributed by atoms with Gasteiger partial charge < -0.3 is 0 Å². The number of benzene rings is 1. The van der Waals surface area contributed by atoms with Crippen LogP contribution in [0, 0.1) is 0 Å². The van der Waals surface area contributed by atoms with Gasteiger partial charge in [-0.2, -0.15) is 0 Å². The van der Waals surface area contributed by atoms with Gasteiger partial charge in [0, 0.05) is 18.9 Å². The van der Waals surface area contributed by atoms with Gasteiger partial charge in [0.05, 0.1) is 10.6 Å². The van der Waals surface area contributed by atoms with Gasteiger partial charge in [0.15, 0.2) is 11.6 Å². The van der Waals surface area contributed by atoms with Crippen LogP contribution in [0.4, 0.5) is 0 Å². The zero-order chi connectivity index (χ0) is 19.1. The number of carbonyl (C=O) groups is 2. The number of carbonyl (C=O) groups excluding carboxylic acids is 2. The van der Waals surface area contributed by atoms with E-state index in [4.69, 9.17) is 0 Å². The molecule has 2 aliphatic rings. The smallest absolute Gasteiger partial charge is 0.243 e. The van der Waals surface area contributed by atoms with Crippen molar-refractivity contribution in [2.75, 3.05) is 5.01 Å². The molecule has 0 bridgehead atoms. The third-order valence-corrected chi connectivity index (χ3v) is 6.18. The standard InChI is InChI=1S/C20H22N4O2S/c1-4-17-21-22-20-24(17)23(13(3)26)18(19(27-20)12(2)25)16-10-9-14-7-5-6-8-15(14)11-16/h9-11H,4-8H2,1-3H3. The molecule has 0 N–H and O–H groups in total. The molecule has 27 heavy (non-hydrogen) atoms. The van der Waals surface area contributed by atoms with E-state index in [2.05, 4.69) is 22.3 Å². The lowest BCUT2D eigenvalue weighted by Gasteiger charge is -2.32. The van der Waals surface area contributed by atoms with Crippen LogP contribution in [0.2, 0.25) is 0 Å². The van der Waals surface area contributed by atoms with Crippen molar-refractivity contribution in [3.8, 4) is 0 Å². The molecule has 1 aromatic carbocycles. The van der Waals surface area contributed by atoms with Gasteiger partial charge in [0.1, 0.15) is 0 Å². The molecule has 1 aliphatic heterocycles. The highest BCUT2D eigenvalue weighted by molar-refractivity contribution is 8.04. The normalized spacial score (nSPS) is 16.2. The van der Waals surface area contributed by atoms with Crippen molar-refractivity contribution >= 4 is 29.1 Å². The maximum atomic E-state index is 12.7. The maximum Gasteiger partial charge on any atom is 0.243 e. The Kier molecular flexibility index (Phi) is 4.63. The molecule has 2 aromatic rings. The SMILES string of the molecule is CCc1nnc2n1N(C(C)=O)C(c1ccc3c(c1)CCCC3)=C(C(C)=O)S2. The summed E-state index contributed by atoms with van der Waals surface area (Å²) in [6, 6.07) is 6.31. The summed E-state index contributed by atoms with van der Waals surface area (Å²) in [7, 11) is 0. The molecular weight excluding hydrogens is 360 g/mol. The van der Waals surface area contributed by atoms with Crippen LogP contribution in [0.25, 0.3) is 5.70 Å². The third-order valence-electron chi connectivity index (χ3n) is 5.05. The number of fused-ring (bicyclic) bond motifs is 2. The number of hydrogen-bond donors (Lipinski definition) is 0. The van der Waals surface area contributed by atoms with E-state index in [0.717, 1.165) is 18.4 Å². The highest BCUT2D eigenvalue weighted by Crippen LogP contribution is 2.40. The highest BCUT2D eigenvalue weighted by atomic mass is 32.2. The second-order valence-electron chi connectivity index (χ2n) is 6.92. The quantitative estimate of drug-likeness (QED) is 0.815. The average molecular weight is 382 g/mol. The number of nitrogens with zero attached hydrogens (tertiary/aromatic N) is 4. The van der Waals surface area contributed by atoms with Crippen LogP contribution >= 0.6 is 11.8 Å². The number of hydrogen-bond acceptors (Lipinski definition) is 5. The number of rotatable bonds is 3. The van der Waals surface area contributed by atoms with Crippen molar-refractivity contribution in [2.24, 2.45) is 0 Å². The van der Waals surface area contributed by atoms with E-state index in [9.17, 15) is 9.59 Å². The van der Waals surface area contributed by atoms with Crippen molar-refractivity contribution < 1.29 is 9.59 Å². The van der Waals surface area contributed by atoms with Crippen molar-refractivity contribution in [3.05, 3.63) is 45.6 Å². The maximum absolute atomic E-state index is 12.7. The predicted molar refractivity (Wildman–Crippen MR) is 105 cm³/mol. The lowest BCUT2D eigenvalue weighted by atomic mass is 9.89. The van der Waals surface area contributed by atoms with Crippen molar-refractivity contribution in [3.63, 3.8) is 0 Å². The number of thioether (sulfide) groups is 1. The fourth-order valence-electron chi connectivity index (χ4n) is 3.79. The first kappa shape index (κ1) is 18.0. The molecule has 1 aromatic heterocycles. The lowest BCUT2D eigenvalue weighted by Crippen LogP contribution is -2.41. The molecule has 0 unspecified atom stereocenters. The van der Waals surface area contributed by atoms with Crippen molar-refractivity contribution in [1.82, 2.24) is 14.9 Å². The van der Waals surface area contributed by atoms with E-state index < -0.39 is 0 Å². The van der Waals surface area contributed by atoms with Gasteiger partial charge in [-0.15, -0.1) is 10.2 Å². The Bertz CT molecular complexity index is 976. The number of amides is 1. The number of ketones is 1. The van der Waals surface area contributed by atoms with Gasteiger partial charge in [-0.05, 0) is 61.6 Å². The second-order valence-corrected chi connectivity index (χ2v) is 7.90. The van der Waals surface area contributed by atoms with Gasteiger partial charge in [-0.25, -0.2) is 9.69 Å². The van der Waals surface area contributed by atoms with Crippen molar-refractivity contribution in [2.45, 2.75) is 58.0 Å². The van der Waals surface area contributed by atoms with Gasteiger partial charge >= 0.3 is 0 Å². The largest absolute Gasteiger partial charge is 0.294 e. The van der Waals surface area contributed by atoms with Gasteiger partial charge in [0.25, 0.3) is 0 Å². The second kappa shape index (κ2) is 6.96. The van der Waals surface area contributed by atoms with Crippen LogP contribution in [-0.4, -0.2) is 26.6 Å². The molecule has 2 heterocycles. The van der Waals surface area contributed by atoms with E-state index in [1.54, 1.807) is 9.69 Å². The fourth-order valence-corrected chi connectivity index (χ4v) is 4.77. The predicted octanol–water partition coefficient (Wildman–Crippen LogP) is 3.27. The van der Waals surface area contributed by atoms with E-state index >= 15 is 0 Å². The summed E-state index contributed by atoms with van der Waals surface area (Å²) in [5, 5.41) is 10.5. The summed E-state index contributed by atoms with van der Waals surface area (Å²) in [5.41, 5.74) is 4.21. The number of aryl methyl sites for hydroxylation is 3. The molecular formula is C20H22N4O2S. The minimum absolute atomic E-state index is 0.0775. The van der Waals surface area contributed by atoms with Gasteiger partial charge in [-0.3, -0.25) is 9.59 Å². The Hall–Kier alpha value is -2.41. The monoisotopic (exact) mass is 382 g/mol. The third kappa shape index (κ3) is 3.00. The average Bonchev–Trinajstić information content (AvgIpc) is 3.08. The first-order chi connectivity index (χ1) is 13.0. The van der Waals surface area contributed by atoms with E-state index in [1.807, 2.05) is 13.0 Å². The lowest BCUT2D eigenvalue weighted by molar-refractivity contribution is -0.117. The first-order valence-corrected chi connectivity index (χ1v) is 10.1. The molecule has 0 radical (unpaired) electrons. The first-order valence-electron chi connectivity index (χ1n) is 9.31. The molecule has 1 aliphatic carbocycles. The van der Waals surface area contributed by atoms with Crippen LogP contribution < -0.4 is 5.01 Å². The fraction of sp³-hybridized carbons (Fsp3) is 0.400. The summed E-state index contributed by atoms with van der Waals surface area (Å²) < 4.78 is 1.74. The Labute approximate surface area is 162 Å². The summed E-state index contributed by atoms with van der Waals surface area (Å²) in [6.07, 6.45) is 5.17. The number of allylic oxidation sites excluding steroid dienone is 1. The minimum Gasteiger partial charge on any atom is -0.294 e. The molecule has 0 saturated carbocycles. The summed E-state index contributed by atoms with van der Waals surface area (Å²) in [5.74, 6) is 0.453. The van der Waals surface area contributed by atoms with Crippen LogP contribution in [0.5, 0.6) is 0 Å². The Morgan fingerprint density at radius 3 is 2.52 bits per heavy atom. The summed E-state index contributed by atoms with van der Waals surface area (Å²) in [4.78, 5) is 25.6. The van der Waals surface area contributed by atoms with Crippen LogP contribution in [0.1, 0.15) is 56.1 Å². The van der Waals surface area contributed by atoms with Gasteiger partial charge in [-0.1, -0.05) is 19.1 Å². The topological polar surface area (TPSA) is 68.1 Å². The number of aromatic nitrogens is 3. The minimum atomic E-state index is -0.169. The molecule has 140 valence electrons. The van der Waals surface area contributed by atoms with Crippen LogP contribution in [0.15, 0.2) is 28.3 Å². The molecule has 1 amide bonds. The molecule has 6 nitrogen and oxygen atoms in total. The Balaban J connectivity index is 1.93. The molecule has 0 spiro atoms.